The number of carboxylic acid groups (broad SMARTS) is 1. The quantitative estimate of drug-likeness (QED) is 0.774. The Morgan fingerprint density at radius 3 is 2.74 bits per heavy atom. The van der Waals surface area contributed by atoms with E-state index in [2.05, 4.69) is 5.10 Å². The summed E-state index contributed by atoms with van der Waals surface area (Å²) >= 11 is 6.17. The molecule has 0 saturated carbocycles. The van der Waals surface area contributed by atoms with Crippen LogP contribution in [0.3, 0.4) is 0 Å². The van der Waals surface area contributed by atoms with Gasteiger partial charge in [0.25, 0.3) is 0 Å². The minimum absolute atomic E-state index is 0.0155. The number of halogens is 1. The van der Waals surface area contributed by atoms with Crippen LogP contribution >= 0.6 is 11.6 Å². The number of benzene rings is 2. The second kappa shape index (κ2) is 6.67. The smallest absolute Gasteiger partial charge is 0.307 e. The highest BCUT2D eigenvalue weighted by atomic mass is 35.5. The standard InChI is InChI=1S/C18H15ClN2O2/c19-17-7-2-1-5-15(17)11-21-12-16(10-20-21)14-6-3-4-13(8-14)9-18(22)23/h1-8,10,12H,9,11H2,(H,22,23). The minimum atomic E-state index is -0.837. The van der Waals surface area contributed by atoms with Crippen LogP contribution in [0.1, 0.15) is 11.1 Å². The van der Waals surface area contributed by atoms with Gasteiger partial charge in [0.1, 0.15) is 0 Å². The van der Waals surface area contributed by atoms with Gasteiger partial charge in [-0.2, -0.15) is 5.10 Å². The fourth-order valence-electron chi connectivity index (χ4n) is 2.44. The molecule has 3 rings (SSSR count). The van der Waals surface area contributed by atoms with Crippen molar-refractivity contribution in [3.05, 3.63) is 77.1 Å². The van der Waals surface area contributed by atoms with Crippen molar-refractivity contribution in [2.75, 3.05) is 0 Å². The summed E-state index contributed by atoms with van der Waals surface area (Å²) in [5.74, 6) is -0.837. The number of carboxylic acids is 1. The zero-order valence-electron chi connectivity index (χ0n) is 12.3. The molecular formula is C18H15ClN2O2. The molecule has 1 heterocycles. The summed E-state index contributed by atoms with van der Waals surface area (Å²) < 4.78 is 1.82. The van der Waals surface area contributed by atoms with E-state index >= 15 is 0 Å². The number of carbonyl (C=O) groups is 1. The van der Waals surface area contributed by atoms with Crippen LogP contribution in [0.5, 0.6) is 0 Å². The van der Waals surface area contributed by atoms with Crippen LogP contribution in [-0.2, 0) is 17.8 Å². The molecular weight excluding hydrogens is 312 g/mol. The molecule has 0 aliphatic rings. The number of rotatable bonds is 5. The molecule has 0 fully saturated rings. The van der Waals surface area contributed by atoms with Crippen LogP contribution in [0.25, 0.3) is 11.1 Å². The number of hydrogen-bond acceptors (Lipinski definition) is 2. The predicted octanol–water partition coefficient (Wildman–Crippen LogP) is 3.88. The normalized spacial score (nSPS) is 10.7. The molecule has 116 valence electrons. The van der Waals surface area contributed by atoms with Crippen LogP contribution < -0.4 is 0 Å². The van der Waals surface area contributed by atoms with E-state index in [0.717, 1.165) is 22.3 Å². The highest BCUT2D eigenvalue weighted by molar-refractivity contribution is 6.31. The maximum atomic E-state index is 10.8. The lowest BCUT2D eigenvalue weighted by atomic mass is 10.0. The minimum Gasteiger partial charge on any atom is -0.481 e. The third-order valence-electron chi connectivity index (χ3n) is 3.54. The Labute approximate surface area is 139 Å². The molecule has 1 N–H and O–H groups in total. The van der Waals surface area contributed by atoms with Gasteiger partial charge in [0.05, 0.1) is 19.2 Å². The zero-order valence-corrected chi connectivity index (χ0v) is 13.1. The first-order chi connectivity index (χ1) is 11.1. The number of nitrogens with zero attached hydrogens (tertiary/aromatic N) is 2. The Kier molecular flexibility index (Phi) is 4.44. The van der Waals surface area contributed by atoms with Gasteiger partial charge in [0, 0.05) is 16.8 Å². The average Bonchev–Trinajstić information content (AvgIpc) is 2.98. The Bertz CT molecular complexity index is 842. The first-order valence-corrected chi connectivity index (χ1v) is 7.56. The Morgan fingerprint density at radius 2 is 1.96 bits per heavy atom. The molecule has 0 atom stereocenters. The van der Waals surface area contributed by atoms with E-state index in [9.17, 15) is 4.79 Å². The largest absolute Gasteiger partial charge is 0.481 e. The highest BCUT2D eigenvalue weighted by Crippen LogP contribution is 2.21. The first-order valence-electron chi connectivity index (χ1n) is 7.19. The lowest BCUT2D eigenvalue weighted by Crippen LogP contribution is -2.00. The van der Waals surface area contributed by atoms with E-state index in [0.29, 0.717) is 11.6 Å². The molecule has 1 aromatic heterocycles. The molecule has 0 saturated heterocycles. The van der Waals surface area contributed by atoms with Crippen molar-refractivity contribution in [3.8, 4) is 11.1 Å². The van der Waals surface area contributed by atoms with Gasteiger partial charge in [-0.05, 0) is 22.8 Å². The van der Waals surface area contributed by atoms with Crippen LogP contribution in [0, 0.1) is 0 Å². The highest BCUT2D eigenvalue weighted by Gasteiger charge is 2.06. The van der Waals surface area contributed by atoms with Crippen molar-refractivity contribution < 1.29 is 9.90 Å². The molecule has 4 nitrogen and oxygen atoms in total. The van der Waals surface area contributed by atoms with Gasteiger partial charge >= 0.3 is 5.97 Å². The number of hydrogen-bond donors (Lipinski definition) is 1. The van der Waals surface area contributed by atoms with Crippen LogP contribution in [0.2, 0.25) is 5.02 Å². The topological polar surface area (TPSA) is 55.1 Å². The Hall–Kier alpha value is -2.59. The molecule has 0 unspecified atom stereocenters. The summed E-state index contributed by atoms with van der Waals surface area (Å²) in [6.07, 6.45) is 3.72. The predicted molar refractivity (Wildman–Crippen MR) is 89.6 cm³/mol. The van der Waals surface area contributed by atoms with E-state index in [1.54, 1.807) is 6.20 Å². The molecule has 0 aliphatic heterocycles. The molecule has 0 bridgehead atoms. The van der Waals surface area contributed by atoms with E-state index in [4.69, 9.17) is 16.7 Å². The maximum absolute atomic E-state index is 10.8. The molecule has 0 spiro atoms. The monoisotopic (exact) mass is 326 g/mol. The van der Waals surface area contributed by atoms with Crippen molar-refractivity contribution in [2.24, 2.45) is 0 Å². The van der Waals surface area contributed by atoms with E-state index in [-0.39, 0.29) is 6.42 Å². The van der Waals surface area contributed by atoms with Gasteiger partial charge in [-0.15, -0.1) is 0 Å². The van der Waals surface area contributed by atoms with Gasteiger partial charge in [-0.1, -0.05) is 54.1 Å². The summed E-state index contributed by atoms with van der Waals surface area (Å²) in [7, 11) is 0. The van der Waals surface area contributed by atoms with E-state index < -0.39 is 5.97 Å². The van der Waals surface area contributed by atoms with Crippen molar-refractivity contribution in [2.45, 2.75) is 13.0 Å². The summed E-state index contributed by atoms with van der Waals surface area (Å²) in [6.45, 7) is 0.592. The van der Waals surface area contributed by atoms with Gasteiger partial charge < -0.3 is 5.11 Å². The van der Waals surface area contributed by atoms with Gasteiger partial charge in [-0.3, -0.25) is 9.48 Å². The zero-order chi connectivity index (χ0) is 16.2. The van der Waals surface area contributed by atoms with E-state index in [1.165, 1.54) is 0 Å². The van der Waals surface area contributed by atoms with Crippen LogP contribution in [0.15, 0.2) is 60.9 Å². The lowest BCUT2D eigenvalue weighted by Gasteiger charge is -2.04. The second-order valence-electron chi connectivity index (χ2n) is 5.29. The molecule has 5 heteroatoms. The Balaban J connectivity index is 1.82. The van der Waals surface area contributed by atoms with E-state index in [1.807, 2.05) is 59.4 Å². The lowest BCUT2D eigenvalue weighted by molar-refractivity contribution is -0.136. The summed E-state index contributed by atoms with van der Waals surface area (Å²) in [5, 5.41) is 14.0. The van der Waals surface area contributed by atoms with Gasteiger partial charge in [0.2, 0.25) is 0 Å². The van der Waals surface area contributed by atoms with Crippen molar-refractivity contribution in [1.82, 2.24) is 9.78 Å². The fourth-order valence-corrected chi connectivity index (χ4v) is 2.63. The summed E-state index contributed by atoms with van der Waals surface area (Å²) in [5.41, 5.74) is 3.68. The third-order valence-corrected chi connectivity index (χ3v) is 3.91. The van der Waals surface area contributed by atoms with Gasteiger partial charge in [0.15, 0.2) is 0 Å². The van der Waals surface area contributed by atoms with Gasteiger partial charge in [-0.25, -0.2) is 0 Å². The second-order valence-corrected chi connectivity index (χ2v) is 5.70. The van der Waals surface area contributed by atoms with Crippen molar-refractivity contribution in [3.63, 3.8) is 0 Å². The molecule has 23 heavy (non-hydrogen) atoms. The average molecular weight is 327 g/mol. The Morgan fingerprint density at radius 1 is 1.13 bits per heavy atom. The fraction of sp³-hybridized carbons (Fsp3) is 0.111. The summed E-state index contributed by atoms with van der Waals surface area (Å²) in [4.78, 5) is 10.8. The number of aromatic nitrogens is 2. The molecule has 0 amide bonds. The molecule has 0 aliphatic carbocycles. The molecule has 3 aromatic rings. The molecule has 0 radical (unpaired) electrons. The summed E-state index contributed by atoms with van der Waals surface area (Å²) in [6, 6.07) is 15.2. The van der Waals surface area contributed by atoms with Crippen molar-refractivity contribution in [1.29, 1.82) is 0 Å². The van der Waals surface area contributed by atoms with Crippen LogP contribution in [0.4, 0.5) is 0 Å². The van der Waals surface area contributed by atoms with Crippen molar-refractivity contribution >= 4 is 17.6 Å². The molecule has 2 aromatic carbocycles. The van der Waals surface area contributed by atoms with Crippen LogP contribution in [-0.4, -0.2) is 20.9 Å². The third kappa shape index (κ3) is 3.79. The maximum Gasteiger partial charge on any atom is 0.307 e. The SMILES string of the molecule is O=C(O)Cc1cccc(-c2cnn(Cc3ccccc3Cl)c2)c1. The number of aliphatic carboxylic acids is 1. The first kappa shape index (κ1) is 15.3.